The third kappa shape index (κ3) is 4.55. The van der Waals surface area contributed by atoms with Crippen LogP contribution >= 0.6 is 11.3 Å². The predicted molar refractivity (Wildman–Crippen MR) is 117 cm³/mol. The van der Waals surface area contributed by atoms with E-state index in [1.54, 1.807) is 32.2 Å². The molecule has 1 saturated heterocycles. The first-order valence-electron chi connectivity index (χ1n) is 9.41. The summed E-state index contributed by atoms with van der Waals surface area (Å²) in [6.45, 7) is 7.26. The molecule has 28 heavy (non-hydrogen) atoms. The molecule has 0 aliphatic carbocycles. The second-order valence-electron chi connectivity index (χ2n) is 7.73. The molecule has 2 heterocycles. The fourth-order valence-corrected chi connectivity index (χ4v) is 5.44. The zero-order valence-electron chi connectivity index (χ0n) is 16.9. The molecule has 1 N–H and O–H groups in total. The van der Waals surface area contributed by atoms with Crippen LogP contribution in [0.1, 0.15) is 25.1 Å². The molecule has 0 unspecified atom stereocenters. The molecule has 0 bridgehead atoms. The van der Waals surface area contributed by atoms with E-state index in [-0.39, 0.29) is 5.75 Å². The summed E-state index contributed by atoms with van der Waals surface area (Å²) < 4.78 is 23.6. The molecule has 0 radical (unpaired) electrons. The molecule has 3 rings (SSSR count). The molecular weight excluding hydrogens is 392 g/mol. The lowest BCUT2D eigenvalue weighted by Gasteiger charge is -2.39. The number of nitrogens with zero attached hydrogens (tertiary/aromatic N) is 3. The normalized spacial score (nSPS) is 18.9. The van der Waals surface area contributed by atoms with Crippen molar-refractivity contribution in [1.29, 1.82) is 0 Å². The van der Waals surface area contributed by atoms with E-state index in [0.29, 0.717) is 19.6 Å². The van der Waals surface area contributed by atoms with Gasteiger partial charge in [0.2, 0.25) is 0 Å². The van der Waals surface area contributed by atoms with Gasteiger partial charge in [-0.3, -0.25) is 4.99 Å². The minimum Gasteiger partial charge on any atom is -0.356 e. The van der Waals surface area contributed by atoms with E-state index in [2.05, 4.69) is 46.9 Å². The number of benzene rings is 1. The summed E-state index contributed by atoms with van der Waals surface area (Å²) in [5.41, 5.74) is 3.43. The molecule has 0 spiro atoms. The van der Waals surface area contributed by atoms with Crippen LogP contribution in [0.3, 0.4) is 0 Å². The first kappa shape index (κ1) is 20.8. The maximum absolute atomic E-state index is 12.2. The second kappa shape index (κ2) is 8.21. The van der Waals surface area contributed by atoms with Crippen LogP contribution in [0.2, 0.25) is 0 Å². The van der Waals surface area contributed by atoms with Crippen molar-refractivity contribution in [3.63, 3.8) is 0 Å². The van der Waals surface area contributed by atoms with E-state index in [4.69, 9.17) is 4.98 Å². The maximum Gasteiger partial charge on any atom is 0.193 e. The zero-order valence-corrected chi connectivity index (χ0v) is 18.5. The second-order valence-corrected chi connectivity index (χ2v) is 11.3. The molecule has 1 aromatic carbocycles. The smallest absolute Gasteiger partial charge is 0.193 e. The highest BCUT2D eigenvalue weighted by molar-refractivity contribution is 7.92. The number of aryl methyl sites for hydroxylation is 1. The number of aliphatic imine (C=N–C) groups is 1. The topological polar surface area (TPSA) is 74.7 Å². The van der Waals surface area contributed by atoms with Gasteiger partial charge in [0.1, 0.15) is 5.01 Å². The van der Waals surface area contributed by atoms with Gasteiger partial charge in [0.05, 0.1) is 16.2 Å². The molecule has 1 aromatic heterocycles. The lowest BCUT2D eigenvalue weighted by molar-refractivity contribution is 0.353. The van der Waals surface area contributed by atoms with Crippen molar-refractivity contribution in [2.24, 2.45) is 4.99 Å². The van der Waals surface area contributed by atoms with Gasteiger partial charge in [-0.2, -0.15) is 0 Å². The Morgan fingerprint density at radius 1 is 1.32 bits per heavy atom. The van der Waals surface area contributed by atoms with Crippen LogP contribution in [0.5, 0.6) is 0 Å². The van der Waals surface area contributed by atoms with Gasteiger partial charge in [0, 0.05) is 44.0 Å². The van der Waals surface area contributed by atoms with Crippen LogP contribution in [-0.2, 0) is 16.3 Å². The molecule has 8 heteroatoms. The molecule has 0 saturated carbocycles. The molecule has 0 amide bonds. The maximum atomic E-state index is 12.2. The summed E-state index contributed by atoms with van der Waals surface area (Å²) in [5.74, 6) is 0.907. The summed E-state index contributed by atoms with van der Waals surface area (Å²) in [4.78, 5) is 11.1. The SMILES string of the molecule is CN=C(NCCc1csc(-c2ccc(C)cc2)n1)N1CCS(=O)(=O)C(C)(C)C1. The molecule has 0 atom stereocenters. The van der Waals surface area contributed by atoms with Crippen LogP contribution < -0.4 is 5.32 Å². The van der Waals surface area contributed by atoms with Crippen molar-refractivity contribution in [3.05, 3.63) is 40.9 Å². The van der Waals surface area contributed by atoms with Crippen LogP contribution in [0, 0.1) is 6.92 Å². The van der Waals surface area contributed by atoms with Gasteiger partial charge in [-0.25, -0.2) is 13.4 Å². The standard InChI is InChI=1S/C20H28N4O2S2/c1-15-5-7-16(8-6-15)18-23-17(13-27-18)9-10-22-19(21-4)24-11-12-28(25,26)20(2,3)14-24/h5-8,13H,9-12,14H2,1-4H3,(H,21,22). The van der Waals surface area contributed by atoms with E-state index in [9.17, 15) is 8.42 Å². The monoisotopic (exact) mass is 420 g/mol. The highest BCUT2D eigenvalue weighted by Crippen LogP contribution is 2.25. The van der Waals surface area contributed by atoms with Gasteiger partial charge in [0.15, 0.2) is 15.8 Å². The van der Waals surface area contributed by atoms with Gasteiger partial charge >= 0.3 is 0 Å². The first-order valence-corrected chi connectivity index (χ1v) is 11.9. The Balaban J connectivity index is 1.56. The molecule has 6 nitrogen and oxygen atoms in total. The number of sulfone groups is 1. The average Bonchev–Trinajstić information content (AvgIpc) is 3.11. The quantitative estimate of drug-likeness (QED) is 0.608. The molecule has 152 valence electrons. The van der Waals surface area contributed by atoms with Crippen molar-refractivity contribution < 1.29 is 8.42 Å². The van der Waals surface area contributed by atoms with Crippen molar-refractivity contribution in [2.75, 3.05) is 32.4 Å². The Morgan fingerprint density at radius 2 is 2.04 bits per heavy atom. The van der Waals surface area contributed by atoms with Gasteiger partial charge in [-0.15, -0.1) is 11.3 Å². The highest BCUT2D eigenvalue weighted by atomic mass is 32.2. The van der Waals surface area contributed by atoms with Crippen molar-refractivity contribution in [2.45, 2.75) is 31.9 Å². The van der Waals surface area contributed by atoms with Crippen LogP contribution in [-0.4, -0.2) is 61.4 Å². The lowest BCUT2D eigenvalue weighted by Crippen LogP contribution is -2.57. The van der Waals surface area contributed by atoms with Crippen molar-refractivity contribution in [3.8, 4) is 10.6 Å². The fraction of sp³-hybridized carbons (Fsp3) is 0.500. The molecule has 2 aromatic rings. The van der Waals surface area contributed by atoms with E-state index in [1.165, 1.54) is 5.56 Å². The van der Waals surface area contributed by atoms with Crippen LogP contribution in [0.4, 0.5) is 0 Å². The molecule has 1 aliphatic heterocycles. The molecule has 1 fully saturated rings. The Hall–Kier alpha value is -1.93. The first-order chi connectivity index (χ1) is 13.2. The van der Waals surface area contributed by atoms with Gasteiger partial charge < -0.3 is 10.2 Å². The lowest BCUT2D eigenvalue weighted by atomic mass is 10.2. The Bertz CT molecular complexity index is 947. The minimum absolute atomic E-state index is 0.159. The number of rotatable bonds is 4. The number of thiazole rings is 1. The summed E-state index contributed by atoms with van der Waals surface area (Å²) >= 11 is 1.65. The summed E-state index contributed by atoms with van der Waals surface area (Å²) in [6, 6.07) is 8.40. The van der Waals surface area contributed by atoms with E-state index < -0.39 is 14.6 Å². The molecule has 1 aliphatic rings. The number of guanidine groups is 1. The van der Waals surface area contributed by atoms with Gasteiger partial charge in [-0.1, -0.05) is 29.8 Å². The van der Waals surface area contributed by atoms with Gasteiger partial charge in [-0.05, 0) is 20.8 Å². The van der Waals surface area contributed by atoms with Crippen molar-refractivity contribution >= 4 is 27.1 Å². The van der Waals surface area contributed by atoms with E-state index in [1.807, 2.05) is 4.90 Å². The number of aromatic nitrogens is 1. The van der Waals surface area contributed by atoms with E-state index in [0.717, 1.165) is 28.6 Å². The summed E-state index contributed by atoms with van der Waals surface area (Å²) in [7, 11) is -1.33. The third-order valence-electron chi connectivity index (χ3n) is 5.07. The minimum atomic E-state index is -3.06. The third-order valence-corrected chi connectivity index (χ3v) is 8.54. The zero-order chi connectivity index (χ0) is 20.4. The largest absolute Gasteiger partial charge is 0.356 e. The number of hydrogen-bond acceptors (Lipinski definition) is 5. The predicted octanol–water partition coefficient (Wildman–Crippen LogP) is 2.75. The molecular formula is C20H28N4O2S2. The number of hydrogen-bond donors (Lipinski definition) is 1. The Kier molecular flexibility index (Phi) is 6.09. The fourth-order valence-electron chi connectivity index (χ4n) is 3.21. The summed E-state index contributed by atoms with van der Waals surface area (Å²) in [6.07, 6.45) is 0.789. The summed E-state index contributed by atoms with van der Waals surface area (Å²) in [5, 5.41) is 6.48. The van der Waals surface area contributed by atoms with Crippen LogP contribution in [0.25, 0.3) is 10.6 Å². The van der Waals surface area contributed by atoms with Gasteiger partial charge in [0.25, 0.3) is 0 Å². The average molecular weight is 421 g/mol. The van der Waals surface area contributed by atoms with E-state index >= 15 is 0 Å². The van der Waals surface area contributed by atoms with Crippen molar-refractivity contribution in [1.82, 2.24) is 15.2 Å². The van der Waals surface area contributed by atoms with Crippen LogP contribution in [0.15, 0.2) is 34.6 Å². The number of nitrogens with one attached hydrogen (secondary N) is 1. The highest BCUT2D eigenvalue weighted by Gasteiger charge is 2.40. The Labute approximate surface area is 171 Å². The Morgan fingerprint density at radius 3 is 2.68 bits per heavy atom.